The summed E-state index contributed by atoms with van der Waals surface area (Å²) in [4.78, 5) is 13.0. The Hall–Kier alpha value is -2.93. The molecular formula is C24H24N4O2S. The third-order valence-corrected chi connectivity index (χ3v) is 6.87. The lowest BCUT2D eigenvalue weighted by Crippen LogP contribution is -2.24. The van der Waals surface area contributed by atoms with Gasteiger partial charge in [0, 0.05) is 11.1 Å². The quantitative estimate of drug-likeness (QED) is 0.392. The summed E-state index contributed by atoms with van der Waals surface area (Å²) in [5, 5.41) is 15.0. The zero-order chi connectivity index (χ0) is 21.0. The van der Waals surface area contributed by atoms with Crippen LogP contribution >= 0.6 is 11.8 Å². The van der Waals surface area contributed by atoms with E-state index in [1.807, 2.05) is 54.6 Å². The molecular weight excluding hydrogens is 408 g/mol. The van der Waals surface area contributed by atoms with Gasteiger partial charge < -0.3 is 4.42 Å². The van der Waals surface area contributed by atoms with Crippen molar-refractivity contribution in [2.45, 2.75) is 43.9 Å². The number of benzene rings is 2. The zero-order valence-corrected chi connectivity index (χ0v) is 18.1. The van der Waals surface area contributed by atoms with Gasteiger partial charge in [-0.2, -0.15) is 5.10 Å². The highest BCUT2D eigenvalue weighted by Crippen LogP contribution is 2.31. The van der Waals surface area contributed by atoms with E-state index >= 15 is 0 Å². The van der Waals surface area contributed by atoms with E-state index in [9.17, 15) is 4.79 Å². The van der Waals surface area contributed by atoms with Crippen LogP contribution in [0, 0.1) is 5.92 Å². The van der Waals surface area contributed by atoms with Crippen molar-refractivity contribution in [2.75, 3.05) is 5.75 Å². The molecule has 2 heterocycles. The van der Waals surface area contributed by atoms with Gasteiger partial charge in [-0.05, 0) is 30.4 Å². The molecule has 1 fully saturated rings. The Morgan fingerprint density at radius 2 is 1.68 bits per heavy atom. The van der Waals surface area contributed by atoms with Crippen LogP contribution in [0.3, 0.4) is 0 Å². The fraction of sp³-hybridized carbons (Fsp3) is 0.333. The van der Waals surface area contributed by atoms with Gasteiger partial charge in [0.15, 0.2) is 5.69 Å². The van der Waals surface area contributed by atoms with Crippen molar-refractivity contribution in [1.82, 2.24) is 20.0 Å². The van der Waals surface area contributed by atoms with Gasteiger partial charge in [-0.3, -0.25) is 4.79 Å². The second-order valence-corrected chi connectivity index (χ2v) is 9.00. The lowest BCUT2D eigenvalue weighted by Gasteiger charge is -2.19. The molecule has 0 radical (unpaired) electrons. The molecule has 4 aromatic rings. The van der Waals surface area contributed by atoms with Gasteiger partial charge >= 0.3 is 0 Å². The van der Waals surface area contributed by atoms with E-state index in [2.05, 4.69) is 15.3 Å². The molecule has 0 saturated heterocycles. The number of hydrogen-bond acceptors (Lipinski definition) is 6. The van der Waals surface area contributed by atoms with Crippen LogP contribution < -0.4 is 5.56 Å². The Balaban J connectivity index is 1.47. The first-order chi connectivity index (χ1) is 15.3. The molecule has 2 aromatic heterocycles. The molecule has 0 unspecified atom stereocenters. The van der Waals surface area contributed by atoms with Crippen LogP contribution in [-0.2, 0) is 6.54 Å². The van der Waals surface area contributed by atoms with E-state index in [1.165, 1.54) is 36.8 Å². The van der Waals surface area contributed by atoms with E-state index in [4.69, 9.17) is 4.42 Å². The summed E-state index contributed by atoms with van der Waals surface area (Å²) in [5.74, 6) is 2.08. The Kier molecular flexibility index (Phi) is 5.84. The average molecular weight is 433 g/mol. The van der Waals surface area contributed by atoms with Crippen LogP contribution in [0.1, 0.15) is 37.7 Å². The van der Waals surface area contributed by atoms with Gasteiger partial charge in [0.25, 0.3) is 16.7 Å². The summed E-state index contributed by atoms with van der Waals surface area (Å²) < 4.78 is 7.46. The van der Waals surface area contributed by atoms with Crippen molar-refractivity contribution in [3.05, 3.63) is 70.5 Å². The number of thioether (sulfide) groups is 1. The second-order valence-electron chi connectivity index (χ2n) is 8.03. The maximum absolute atomic E-state index is 13.0. The van der Waals surface area contributed by atoms with E-state index in [0.717, 1.165) is 22.6 Å². The fourth-order valence-corrected chi connectivity index (χ4v) is 5.11. The SMILES string of the molecule is O=c1c2ccccc2c(-c2nnc(SCC3CCCCC3)o2)nn1Cc1ccccc1. The number of aromatic nitrogens is 4. The number of nitrogens with zero attached hydrogens (tertiary/aromatic N) is 4. The van der Waals surface area contributed by atoms with E-state index in [0.29, 0.717) is 28.7 Å². The minimum atomic E-state index is -0.130. The normalized spacial score (nSPS) is 14.8. The molecule has 0 bridgehead atoms. The van der Waals surface area contributed by atoms with Crippen molar-refractivity contribution < 1.29 is 4.42 Å². The maximum Gasteiger partial charge on any atom is 0.276 e. The molecule has 0 N–H and O–H groups in total. The van der Waals surface area contributed by atoms with Crippen LogP contribution in [0.25, 0.3) is 22.4 Å². The van der Waals surface area contributed by atoms with Crippen molar-refractivity contribution in [2.24, 2.45) is 5.92 Å². The molecule has 1 aliphatic carbocycles. The van der Waals surface area contributed by atoms with E-state index in [-0.39, 0.29) is 5.56 Å². The van der Waals surface area contributed by atoms with Crippen molar-refractivity contribution >= 4 is 22.5 Å². The Labute approximate surface area is 184 Å². The van der Waals surface area contributed by atoms with Crippen LogP contribution in [0.2, 0.25) is 0 Å². The Morgan fingerprint density at radius 3 is 2.48 bits per heavy atom. The number of fused-ring (bicyclic) bond motifs is 1. The molecule has 0 amide bonds. The summed E-state index contributed by atoms with van der Waals surface area (Å²) in [6.45, 7) is 0.384. The minimum absolute atomic E-state index is 0.130. The molecule has 1 aliphatic rings. The van der Waals surface area contributed by atoms with Crippen LogP contribution in [0.15, 0.2) is 69.0 Å². The molecule has 6 nitrogen and oxygen atoms in total. The highest BCUT2D eigenvalue weighted by Gasteiger charge is 2.19. The Bertz CT molecular complexity index is 1230. The topological polar surface area (TPSA) is 73.8 Å². The average Bonchev–Trinajstić information content (AvgIpc) is 3.30. The molecule has 0 spiro atoms. The fourth-order valence-electron chi connectivity index (χ4n) is 4.16. The Morgan fingerprint density at radius 1 is 0.935 bits per heavy atom. The zero-order valence-electron chi connectivity index (χ0n) is 17.2. The van der Waals surface area contributed by atoms with Crippen molar-refractivity contribution in [1.29, 1.82) is 0 Å². The summed E-state index contributed by atoms with van der Waals surface area (Å²) in [6.07, 6.45) is 6.55. The molecule has 2 aromatic carbocycles. The first kappa shape index (κ1) is 20.0. The smallest absolute Gasteiger partial charge is 0.276 e. The van der Waals surface area contributed by atoms with Gasteiger partial charge in [0.05, 0.1) is 11.9 Å². The van der Waals surface area contributed by atoms with Gasteiger partial charge in [-0.15, -0.1) is 10.2 Å². The van der Waals surface area contributed by atoms with E-state index in [1.54, 1.807) is 11.8 Å². The number of hydrogen-bond donors (Lipinski definition) is 0. The van der Waals surface area contributed by atoms with Gasteiger partial charge in [-0.25, -0.2) is 4.68 Å². The summed E-state index contributed by atoms with van der Waals surface area (Å²) in [7, 11) is 0. The summed E-state index contributed by atoms with van der Waals surface area (Å²) in [6, 6.07) is 17.3. The first-order valence-electron chi connectivity index (χ1n) is 10.8. The molecule has 0 aliphatic heterocycles. The minimum Gasteiger partial charge on any atom is -0.410 e. The molecule has 158 valence electrons. The predicted octanol–water partition coefficient (Wildman–Crippen LogP) is 5.17. The third-order valence-electron chi connectivity index (χ3n) is 5.82. The van der Waals surface area contributed by atoms with Crippen molar-refractivity contribution in [3.8, 4) is 11.6 Å². The molecule has 31 heavy (non-hydrogen) atoms. The van der Waals surface area contributed by atoms with Gasteiger partial charge in [0.2, 0.25) is 0 Å². The standard InChI is InChI=1S/C24H24N4O2S/c29-23-20-14-8-7-13-19(20)21(27-28(23)15-17-9-3-1-4-10-17)22-25-26-24(30-22)31-16-18-11-5-2-6-12-18/h1,3-4,7-10,13-14,18H,2,5-6,11-12,15-16H2. The highest BCUT2D eigenvalue weighted by atomic mass is 32.2. The number of rotatable bonds is 6. The highest BCUT2D eigenvalue weighted by molar-refractivity contribution is 7.99. The van der Waals surface area contributed by atoms with Crippen LogP contribution in [-0.4, -0.2) is 25.7 Å². The van der Waals surface area contributed by atoms with Crippen LogP contribution in [0.5, 0.6) is 0 Å². The molecule has 1 saturated carbocycles. The second kappa shape index (κ2) is 9.06. The van der Waals surface area contributed by atoms with Crippen LogP contribution in [0.4, 0.5) is 0 Å². The monoisotopic (exact) mass is 432 g/mol. The van der Waals surface area contributed by atoms with Crippen molar-refractivity contribution in [3.63, 3.8) is 0 Å². The molecule has 0 atom stereocenters. The molecule has 7 heteroatoms. The first-order valence-corrected chi connectivity index (χ1v) is 11.8. The lowest BCUT2D eigenvalue weighted by molar-refractivity contribution is 0.389. The summed E-state index contributed by atoms with van der Waals surface area (Å²) in [5.41, 5.74) is 1.42. The molecule has 5 rings (SSSR count). The van der Waals surface area contributed by atoms with E-state index < -0.39 is 0 Å². The van der Waals surface area contributed by atoms with Gasteiger partial charge in [0.1, 0.15) is 0 Å². The predicted molar refractivity (Wildman–Crippen MR) is 122 cm³/mol. The lowest BCUT2D eigenvalue weighted by atomic mass is 9.91. The maximum atomic E-state index is 13.0. The summed E-state index contributed by atoms with van der Waals surface area (Å²) >= 11 is 1.62. The van der Waals surface area contributed by atoms with Gasteiger partial charge in [-0.1, -0.05) is 79.6 Å². The largest absolute Gasteiger partial charge is 0.410 e. The third kappa shape index (κ3) is 4.42.